The van der Waals surface area contributed by atoms with Crippen molar-refractivity contribution in [2.24, 2.45) is 7.05 Å². The lowest BCUT2D eigenvalue weighted by molar-refractivity contribution is -0.384. The molecule has 0 aliphatic heterocycles. The van der Waals surface area contributed by atoms with E-state index in [9.17, 15) is 24.5 Å². The van der Waals surface area contributed by atoms with Crippen LogP contribution >= 0.6 is 0 Å². The topological polar surface area (TPSA) is 139 Å². The van der Waals surface area contributed by atoms with Crippen LogP contribution in [0.15, 0.2) is 75.9 Å². The molecule has 2 heterocycles. The van der Waals surface area contributed by atoms with Crippen molar-refractivity contribution in [1.82, 2.24) is 9.36 Å². The molecule has 0 spiro atoms. The molecule has 1 N–H and O–H groups in total. The fraction of sp³-hybridized carbons (Fsp3) is 0.125. The summed E-state index contributed by atoms with van der Waals surface area (Å²) in [4.78, 5) is 47.8. The van der Waals surface area contributed by atoms with Crippen LogP contribution in [0, 0.1) is 17.0 Å². The van der Waals surface area contributed by atoms with Gasteiger partial charge >= 0.3 is 5.97 Å². The number of amides is 1. The molecule has 0 aliphatic rings. The zero-order chi connectivity index (χ0) is 25.1. The predicted molar refractivity (Wildman–Crippen MR) is 125 cm³/mol. The maximum atomic E-state index is 12.9. The van der Waals surface area contributed by atoms with Crippen LogP contribution in [-0.4, -0.2) is 32.8 Å². The van der Waals surface area contributed by atoms with E-state index >= 15 is 0 Å². The molecule has 178 valence electrons. The number of nitrogens with one attached hydrogen (secondary N) is 1. The van der Waals surface area contributed by atoms with Crippen molar-refractivity contribution in [2.45, 2.75) is 6.92 Å². The normalized spacial score (nSPS) is 10.7. The van der Waals surface area contributed by atoms with Crippen LogP contribution in [0.4, 0.5) is 11.4 Å². The molecule has 11 heteroatoms. The van der Waals surface area contributed by atoms with Crippen molar-refractivity contribution in [3.8, 4) is 17.0 Å². The lowest BCUT2D eigenvalue weighted by Gasteiger charge is -2.07. The van der Waals surface area contributed by atoms with Crippen molar-refractivity contribution in [2.75, 3.05) is 11.9 Å². The fourth-order valence-electron chi connectivity index (χ4n) is 3.44. The minimum absolute atomic E-state index is 0.0740. The quantitative estimate of drug-likeness (QED) is 0.245. The zero-order valence-electron chi connectivity index (χ0n) is 18.8. The van der Waals surface area contributed by atoms with Crippen molar-refractivity contribution >= 4 is 23.3 Å². The Morgan fingerprint density at radius 1 is 1.06 bits per heavy atom. The number of para-hydroxylation sites is 1. The number of non-ortho nitro benzene ring substituents is 1. The molecule has 2 aromatic carbocycles. The number of benzene rings is 2. The number of furan rings is 1. The third-order valence-corrected chi connectivity index (χ3v) is 5.32. The molecular weight excluding hydrogens is 456 g/mol. The highest BCUT2D eigenvalue weighted by molar-refractivity contribution is 5.95. The molecule has 1 amide bonds. The van der Waals surface area contributed by atoms with Crippen molar-refractivity contribution in [1.29, 1.82) is 0 Å². The molecular formula is C24H20N4O7. The van der Waals surface area contributed by atoms with Gasteiger partial charge in [-0.3, -0.25) is 24.4 Å². The second kappa shape index (κ2) is 9.51. The van der Waals surface area contributed by atoms with E-state index in [1.165, 1.54) is 41.1 Å². The zero-order valence-corrected chi connectivity index (χ0v) is 18.8. The summed E-state index contributed by atoms with van der Waals surface area (Å²) in [7, 11) is 1.69. The lowest BCUT2D eigenvalue weighted by atomic mass is 10.1. The largest absolute Gasteiger partial charge is 0.450 e. The maximum Gasteiger partial charge on any atom is 0.374 e. The van der Waals surface area contributed by atoms with Crippen LogP contribution < -0.4 is 10.9 Å². The Hall–Kier alpha value is -4.93. The van der Waals surface area contributed by atoms with E-state index in [-0.39, 0.29) is 17.1 Å². The molecule has 0 aliphatic carbocycles. The number of carbonyl (C=O) groups excluding carboxylic acids is 2. The van der Waals surface area contributed by atoms with Crippen LogP contribution in [0.5, 0.6) is 0 Å². The van der Waals surface area contributed by atoms with Gasteiger partial charge in [-0.2, -0.15) is 0 Å². The predicted octanol–water partition coefficient (Wildman–Crippen LogP) is 3.45. The molecule has 0 saturated heterocycles. The Morgan fingerprint density at radius 2 is 1.74 bits per heavy atom. The molecule has 4 aromatic rings. The minimum atomic E-state index is -0.875. The van der Waals surface area contributed by atoms with Crippen LogP contribution in [0.25, 0.3) is 17.0 Å². The molecule has 0 unspecified atom stereocenters. The average Bonchev–Trinajstić information content (AvgIpc) is 3.43. The molecule has 11 nitrogen and oxygen atoms in total. The molecule has 35 heavy (non-hydrogen) atoms. The van der Waals surface area contributed by atoms with Gasteiger partial charge in [-0.15, -0.1) is 0 Å². The Morgan fingerprint density at radius 3 is 2.40 bits per heavy atom. The van der Waals surface area contributed by atoms with Gasteiger partial charge in [-0.05, 0) is 43.3 Å². The minimum Gasteiger partial charge on any atom is -0.450 e. The molecule has 0 bridgehead atoms. The summed E-state index contributed by atoms with van der Waals surface area (Å²) in [6.07, 6.45) is 0. The fourth-order valence-corrected chi connectivity index (χ4v) is 3.44. The first-order valence-corrected chi connectivity index (χ1v) is 10.4. The van der Waals surface area contributed by atoms with Gasteiger partial charge in [0.25, 0.3) is 17.2 Å². The second-order valence-corrected chi connectivity index (χ2v) is 7.53. The highest BCUT2D eigenvalue weighted by atomic mass is 16.6. The summed E-state index contributed by atoms with van der Waals surface area (Å²) in [6, 6.07) is 17.4. The Labute approximate surface area is 198 Å². The van der Waals surface area contributed by atoms with E-state index in [0.717, 1.165) is 0 Å². The van der Waals surface area contributed by atoms with Crippen LogP contribution in [0.1, 0.15) is 16.2 Å². The Bertz CT molecular complexity index is 1460. The third-order valence-electron chi connectivity index (χ3n) is 5.32. The highest BCUT2D eigenvalue weighted by Crippen LogP contribution is 2.25. The number of nitrogens with zero attached hydrogens (tertiary/aromatic N) is 3. The SMILES string of the molecule is Cc1c(NC(=O)COC(=O)c2ccc(-c3ccc([N+](=O)[O-])cc3)o2)c(=O)n(-c2ccccc2)n1C. The van der Waals surface area contributed by atoms with Gasteiger partial charge in [-0.25, -0.2) is 9.48 Å². The summed E-state index contributed by atoms with van der Waals surface area (Å²) in [5.41, 5.74) is 1.27. The van der Waals surface area contributed by atoms with Crippen LogP contribution in [0.2, 0.25) is 0 Å². The number of anilines is 1. The van der Waals surface area contributed by atoms with E-state index in [1.807, 2.05) is 6.07 Å². The number of ether oxygens (including phenoxy) is 1. The van der Waals surface area contributed by atoms with Gasteiger partial charge in [-0.1, -0.05) is 18.2 Å². The number of hydrogen-bond donors (Lipinski definition) is 1. The maximum absolute atomic E-state index is 12.9. The molecule has 0 radical (unpaired) electrons. The van der Waals surface area contributed by atoms with Crippen LogP contribution in [0.3, 0.4) is 0 Å². The van der Waals surface area contributed by atoms with Crippen molar-refractivity contribution < 1.29 is 23.7 Å². The standard InChI is InChI=1S/C24H20N4O7/c1-15-22(23(30)27(26(15)2)17-6-4-3-5-7-17)25-21(29)14-34-24(31)20-13-12-19(35-20)16-8-10-18(11-9-16)28(32)33/h3-13H,14H2,1-2H3,(H,25,29). The van der Waals surface area contributed by atoms with Gasteiger partial charge in [0.1, 0.15) is 11.4 Å². The summed E-state index contributed by atoms with van der Waals surface area (Å²) < 4.78 is 13.5. The molecule has 4 rings (SSSR count). The smallest absolute Gasteiger partial charge is 0.374 e. The Balaban J connectivity index is 1.40. The number of carbonyl (C=O) groups is 2. The third kappa shape index (κ3) is 4.74. The van der Waals surface area contributed by atoms with E-state index in [0.29, 0.717) is 22.7 Å². The monoisotopic (exact) mass is 476 g/mol. The number of rotatable bonds is 7. The molecule has 0 atom stereocenters. The van der Waals surface area contributed by atoms with Gasteiger partial charge in [0.05, 0.1) is 16.3 Å². The second-order valence-electron chi connectivity index (χ2n) is 7.53. The summed E-state index contributed by atoms with van der Waals surface area (Å²) >= 11 is 0. The summed E-state index contributed by atoms with van der Waals surface area (Å²) in [5, 5.41) is 13.3. The number of nitro benzene ring substituents is 1. The molecule has 0 saturated carbocycles. The molecule has 0 fully saturated rings. The van der Waals surface area contributed by atoms with Gasteiger partial charge in [0.15, 0.2) is 6.61 Å². The van der Waals surface area contributed by atoms with E-state index in [2.05, 4.69) is 5.32 Å². The number of esters is 1. The van der Waals surface area contributed by atoms with Gasteiger partial charge in [0.2, 0.25) is 5.76 Å². The van der Waals surface area contributed by atoms with E-state index in [4.69, 9.17) is 9.15 Å². The van der Waals surface area contributed by atoms with E-state index in [1.54, 1.807) is 42.9 Å². The van der Waals surface area contributed by atoms with Crippen molar-refractivity contribution in [3.05, 3.63) is 98.7 Å². The number of hydrogen-bond acceptors (Lipinski definition) is 7. The van der Waals surface area contributed by atoms with Gasteiger partial charge in [0, 0.05) is 24.7 Å². The molecule has 2 aromatic heterocycles. The number of aromatic nitrogens is 2. The van der Waals surface area contributed by atoms with Crippen LogP contribution in [-0.2, 0) is 16.6 Å². The van der Waals surface area contributed by atoms with Crippen molar-refractivity contribution in [3.63, 3.8) is 0 Å². The lowest BCUT2D eigenvalue weighted by Crippen LogP contribution is -2.25. The van der Waals surface area contributed by atoms with E-state index < -0.39 is 29.0 Å². The first-order chi connectivity index (χ1) is 16.8. The first-order valence-electron chi connectivity index (χ1n) is 10.4. The van der Waals surface area contributed by atoms with Gasteiger partial charge < -0.3 is 14.5 Å². The first kappa shape index (κ1) is 23.2. The average molecular weight is 476 g/mol. The highest BCUT2D eigenvalue weighted by Gasteiger charge is 2.20. The summed E-state index contributed by atoms with van der Waals surface area (Å²) in [5.74, 6) is -1.41. The Kier molecular flexibility index (Phi) is 6.32. The number of nitro groups is 1. The summed E-state index contributed by atoms with van der Waals surface area (Å²) in [6.45, 7) is 1.05.